The van der Waals surface area contributed by atoms with Crippen molar-refractivity contribution in [1.82, 2.24) is 0 Å². The largest absolute Gasteiger partial charge is 0.508 e. The first-order valence-electron chi connectivity index (χ1n) is 5.21. The fourth-order valence-corrected chi connectivity index (χ4v) is 1.70. The van der Waals surface area contributed by atoms with Gasteiger partial charge in [0.2, 0.25) is 0 Å². The van der Waals surface area contributed by atoms with Crippen molar-refractivity contribution in [3.8, 4) is 11.5 Å². The zero-order valence-electron chi connectivity index (χ0n) is 9.22. The van der Waals surface area contributed by atoms with Crippen LogP contribution >= 0.6 is 0 Å². The first-order chi connectivity index (χ1) is 8.06. The number of nitrogens with two attached hydrogens (primary N) is 2. The minimum Gasteiger partial charge on any atom is -0.508 e. The van der Waals surface area contributed by atoms with Gasteiger partial charge in [0.05, 0.1) is 0 Å². The van der Waals surface area contributed by atoms with Crippen LogP contribution in [0.25, 0.3) is 0 Å². The maximum Gasteiger partial charge on any atom is 0.119 e. The summed E-state index contributed by atoms with van der Waals surface area (Å²) in [5.74, 6) is 0.307. The van der Waals surface area contributed by atoms with Gasteiger partial charge in [-0.25, -0.2) is 0 Å². The normalized spacial score (nSPS) is 10.4. The van der Waals surface area contributed by atoms with Crippen molar-refractivity contribution < 1.29 is 10.2 Å². The van der Waals surface area contributed by atoms with Crippen LogP contribution in [0.1, 0.15) is 11.1 Å². The van der Waals surface area contributed by atoms with Crippen LogP contribution < -0.4 is 11.5 Å². The van der Waals surface area contributed by atoms with Crippen molar-refractivity contribution in [2.75, 3.05) is 11.5 Å². The number of anilines is 2. The van der Waals surface area contributed by atoms with Gasteiger partial charge in [0.25, 0.3) is 0 Å². The monoisotopic (exact) mass is 230 g/mol. The fraction of sp³-hybridized carbons (Fsp3) is 0.0769. The molecule has 0 aliphatic carbocycles. The minimum atomic E-state index is 0.154. The third-order valence-corrected chi connectivity index (χ3v) is 2.59. The van der Waals surface area contributed by atoms with Crippen molar-refractivity contribution >= 4 is 11.4 Å². The van der Waals surface area contributed by atoms with Gasteiger partial charge in [0, 0.05) is 28.9 Å². The highest BCUT2D eigenvalue weighted by atomic mass is 16.3. The van der Waals surface area contributed by atoms with E-state index < -0.39 is 0 Å². The van der Waals surface area contributed by atoms with Crippen LogP contribution in [0.3, 0.4) is 0 Å². The molecule has 0 aliphatic heterocycles. The Morgan fingerprint density at radius 1 is 0.765 bits per heavy atom. The first kappa shape index (κ1) is 11.1. The molecule has 0 fully saturated rings. The minimum absolute atomic E-state index is 0.154. The molecule has 4 nitrogen and oxygen atoms in total. The second-order valence-electron chi connectivity index (χ2n) is 3.95. The Kier molecular flexibility index (Phi) is 2.78. The van der Waals surface area contributed by atoms with Crippen molar-refractivity contribution in [2.45, 2.75) is 6.42 Å². The van der Waals surface area contributed by atoms with E-state index in [1.165, 1.54) is 12.1 Å². The summed E-state index contributed by atoms with van der Waals surface area (Å²) in [6.45, 7) is 0. The molecule has 2 rings (SSSR count). The molecule has 0 radical (unpaired) electrons. The summed E-state index contributed by atoms with van der Waals surface area (Å²) in [4.78, 5) is 0. The lowest BCUT2D eigenvalue weighted by Crippen LogP contribution is -1.94. The summed E-state index contributed by atoms with van der Waals surface area (Å²) < 4.78 is 0. The summed E-state index contributed by atoms with van der Waals surface area (Å²) in [5.41, 5.74) is 13.8. The van der Waals surface area contributed by atoms with Gasteiger partial charge in [-0.3, -0.25) is 0 Å². The SMILES string of the molecule is Nc1ccc(O)c(Cc2cc(N)ccc2O)c1. The third-order valence-electron chi connectivity index (χ3n) is 2.59. The number of phenolic OH excluding ortho intramolecular Hbond substituents is 2. The molecular formula is C13H14N2O2. The number of hydrogen-bond acceptors (Lipinski definition) is 4. The van der Waals surface area contributed by atoms with E-state index >= 15 is 0 Å². The standard InChI is InChI=1S/C13H14N2O2/c14-10-1-3-12(16)8(6-10)5-9-7-11(15)2-4-13(9)17/h1-4,6-7,16-17H,5,14-15H2. The second-order valence-corrected chi connectivity index (χ2v) is 3.95. The van der Waals surface area contributed by atoms with Gasteiger partial charge in [-0.15, -0.1) is 0 Å². The van der Waals surface area contributed by atoms with Gasteiger partial charge in [-0.2, -0.15) is 0 Å². The summed E-state index contributed by atoms with van der Waals surface area (Å²) in [7, 11) is 0. The second kappa shape index (κ2) is 4.25. The Bertz CT molecular complexity index is 504. The Morgan fingerprint density at radius 3 is 1.59 bits per heavy atom. The number of phenols is 2. The number of aromatic hydroxyl groups is 2. The third kappa shape index (κ3) is 2.42. The molecule has 0 heterocycles. The average molecular weight is 230 g/mol. The van der Waals surface area contributed by atoms with E-state index in [1.54, 1.807) is 24.3 Å². The smallest absolute Gasteiger partial charge is 0.119 e. The van der Waals surface area contributed by atoms with Crippen LogP contribution in [0.2, 0.25) is 0 Å². The zero-order valence-corrected chi connectivity index (χ0v) is 9.22. The van der Waals surface area contributed by atoms with Crippen molar-refractivity contribution in [1.29, 1.82) is 0 Å². The highest BCUT2D eigenvalue weighted by molar-refractivity contribution is 5.53. The van der Waals surface area contributed by atoms with Crippen molar-refractivity contribution in [3.63, 3.8) is 0 Å². The van der Waals surface area contributed by atoms with Gasteiger partial charge in [-0.05, 0) is 36.4 Å². The van der Waals surface area contributed by atoms with Gasteiger partial charge >= 0.3 is 0 Å². The van der Waals surface area contributed by atoms with Gasteiger partial charge in [0.1, 0.15) is 11.5 Å². The van der Waals surface area contributed by atoms with E-state index in [-0.39, 0.29) is 11.5 Å². The van der Waals surface area contributed by atoms with E-state index in [4.69, 9.17) is 11.5 Å². The van der Waals surface area contributed by atoms with Crippen LogP contribution in [0.5, 0.6) is 11.5 Å². The topological polar surface area (TPSA) is 92.5 Å². The van der Waals surface area contributed by atoms with Gasteiger partial charge in [0.15, 0.2) is 0 Å². The number of rotatable bonds is 2. The van der Waals surface area contributed by atoms with Gasteiger partial charge in [-0.1, -0.05) is 0 Å². The molecule has 0 unspecified atom stereocenters. The lowest BCUT2D eigenvalue weighted by atomic mass is 10.0. The maximum absolute atomic E-state index is 9.69. The molecule has 2 aromatic rings. The quantitative estimate of drug-likeness (QED) is 0.468. The molecular weight excluding hydrogens is 216 g/mol. The summed E-state index contributed by atoms with van der Waals surface area (Å²) in [6, 6.07) is 9.67. The van der Waals surface area contributed by atoms with Gasteiger partial charge < -0.3 is 21.7 Å². The molecule has 0 atom stereocenters. The molecule has 0 saturated carbocycles. The molecule has 0 aromatic heterocycles. The predicted octanol–water partition coefficient (Wildman–Crippen LogP) is 1.85. The van der Waals surface area contributed by atoms with E-state index in [0.717, 1.165) is 0 Å². The van der Waals surface area contributed by atoms with E-state index in [1.807, 2.05) is 0 Å². The van der Waals surface area contributed by atoms with Crippen molar-refractivity contribution in [3.05, 3.63) is 47.5 Å². The molecule has 0 saturated heterocycles. The maximum atomic E-state index is 9.69. The Morgan fingerprint density at radius 2 is 1.18 bits per heavy atom. The van der Waals surface area contributed by atoms with E-state index in [0.29, 0.717) is 28.9 Å². The summed E-state index contributed by atoms with van der Waals surface area (Å²) in [5, 5.41) is 19.4. The van der Waals surface area contributed by atoms with Crippen LogP contribution in [0.15, 0.2) is 36.4 Å². The molecule has 4 heteroatoms. The molecule has 6 N–H and O–H groups in total. The predicted molar refractivity (Wildman–Crippen MR) is 67.8 cm³/mol. The van der Waals surface area contributed by atoms with E-state index in [2.05, 4.69) is 0 Å². The molecule has 0 amide bonds. The lowest BCUT2D eigenvalue weighted by molar-refractivity contribution is 0.463. The Balaban J connectivity index is 2.37. The molecule has 0 bridgehead atoms. The highest BCUT2D eigenvalue weighted by Gasteiger charge is 2.07. The van der Waals surface area contributed by atoms with Crippen molar-refractivity contribution in [2.24, 2.45) is 0 Å². The van der Waals surface area contributed by atoms with Crippen LogP contribution in [-0.2, 0) is 6.42 Å². The fourth-order valence-electron chi connectivity index (χ4n) is 1.70. The molecule has 0 spiro atoms. The summed E-state index contributed by atoms with van der Waals surface area (Å²) >= 11 is 0. The van der Waals surface area contributed by atoms with Crippen LogP contribution in [-0.4, -0.2) is 10.2 Å². The van der Waals surface area contributed by atoms with E-state index in [9.17, 15) is 10.2 Å². The number of benzene rings is 2. The average Bonchev–Trinajstić information content (AvgIpc) is 2.28. The zero-order chi connectivity index (χ0) is 12.4. The Labute approximate surface area is 99.1 Å². The van der Waals surface area contributed by atoms with Crippen LogP contribution in [0, 0.1) is 0 Å². The lowest BCUT2D eigenvalue weighted by Gasteiger charge is -2.08. The molecule has 88 valence electrons. The molecule has 0 aliphatic rings. The Hall–Kier alpha value is -2.36. The number of nitrogen functional groups attached to an aromatic ring is 2. The molecule has 17 heavy (non-hydrogen) atoms. The highest BCUT2D eigenvalue weighted by Crippen LogP contribution is 2.27. The number of hydrogen-bond donors (Lipinski definition) is 4. The first-order valence-corrected chi connectivity index (χ1v) is 5.21. The molecule has 2 aromatic carbocycles. The van der Waals surface area contributed by atoms with Crippen LogP contribution in [0.4, 0.5) is 11.4 Å². The summed E-state index contributed by atoms with van der Waals surface area (Å²) in [6.07, 6.45) is 0.383.